The molecule has 7 heteroatoms. The van der Waals surface area contributed by atoms with Crippen LogP contribution in [-0.4, -0.2) is 41.8 Å². The molecule has 0 aliphatic carbocycles. The maximum absolute atomic E-state index is 12.2. The minimum absolute atomic E-state index is 0.360. The van der Waals surface area contributed by atoms with Crippen molar-refractivity contribution in [3.63, 3.8) is 0 Å². The van der Waals surface area contributed by atoms with Gasteiger partial charge in [0.2, 0.25) is 5.91 Å². The van der Waals surface area contributed by atoms with E-state index < -0.39 is 25.2 Å². The molecule has 1 rings (SSSR count). The molecule has 0 atom stereocenters. The second kappa shape index (κ2) is 6.25. The van der Waals surface area contributed by atoms with Crippen molar-refractivity contribution in [3.05, 3.63) is 30.2 Å². The first-order chi connectivity index (χ1) is 8.42. The van der Waals surface area contributed by atoms with Crippen molar-refractivity contribution in [2.24, 2.45) is 0 Å². The molecule has 0 fully saturated rings. The van der Waals surface area contributed by atoms with Gasteiger partial charge in [0.25, 0.3) is 0 Å². The lowest BCUT2D eigenvalue weighted by atomic mass is 10.3. The molecule has 0 bridgehead atoms. The number of hydrogen-bond donors (Lipinski definition) is 1. The van der Waals surface area contributed by atoms with Crippen LogP contribution in [0.2, 0.25) is 0 Å². The summed E-state index contributed by atoms with van der Waals surface area (Å²) < 4.78 is 41.5. The molecule has 1 amide bonds. The Balaban J connectivity index is 2.65. The first-order valence-electron chi connectivity index (χ1n) is 5.10. The number of carbonyl (C=O) groups excluding carboxylic acids is 1. The summed E-state index contributed by atoms with van der Waals surface area (Å²) in [6, 6.07) is 3.15. The Kier molecular flexibility index (Phi) is 4.96. The highest BCUT2D eigenvalue weighted by molar-refractivity contribution is 5.91. The fraction of sp³-hybridized carbons (Fsp3) is 0.364. The first-order valence-corrected chi connectivity index (χ1v) is 5.10. The van der Waals surface area contributed by atoms with Crippen LogP contribution in [0.3, 0.4) is 0 Å². The Morgan fingerprint density at radius 2 is 2.22 bits per heavy atom. The van der Waals surface area contributed by atoms with Crippen LogP contribution in [-0.2, 0) is 4.79 Å². The van der Waals surface area contributed by atoms with E-state index >= 15 is 0 Å². The molecular formula is C11H12F3NO3. The van der Waals surface area contributed by atoms with E-state index in [0.29, 0.717) is 10.7 Å². The molecule has 0 unspecified atom stereocenters. The predicted octanol–water partition coefficient (Wildman–Crippen LogP) is 1.68. The van der Waals surface area contributed by atoms with Gasteiger partial charge < -0.3 is 14.4 Å². The monoisotopic (exact) mass is 263 g/mol. The van der Waals surface area contributed by atoms with Crippen LogP contribution in [0, 0.1) is 0 Å². The van der Waals surface area contributed by atoms with Gasteiger partial charge >= 0.3 is 6.18 Å². The van der Waals surface area contributed by atoms with Gasteiger partial charge in [-0.2, -0.15) is 13.2 Å². The third-order valence-corrected chi connectivity index (χ3v) is 1.99. The van der Waals surface area contributed by atoms with Crippen LogP contribution in [0.4, 0.5) is 13.2 Å². The molecule has 0 aliphatic heterocycles. The van der Waals surface area contributed by atoms with Gasteiger partial charge in [-0.25, -0.2) is 0 Å². The van der Waals surface area contributed by atoms with Gasteiger partial charge in [-0.15, -0.1) is 0 Å². The lowest BCUT2D eigenvalue weighted by molar-refractivity contribution is -0.158. The van der Waals surface area contributed by atoms with E-state index in [-0.39, 0.29) is 6.54 Å². The van der Waals surface area contributed by atoms with Gasteiger partial charge in [0.1, 0.15) is 12.3 Å². The largest absolute Gasteiger partial charge is 0.465 e. The number of halogens is 3. The van der Waals surface area contributed by atoms with Crippen LogP contribution < -0.4 is 0 Å². The molecule has 1 heterocycles. The Morgan fingerprint density at radius 1 is 1.50 bits per heavy atom. The Bertz CT molecular complexity index is 398. The van der Waals surface area contributed by atoms with Crippen molar-refractivity contribution >= 4 is 12.0 Å². The molecular weight excluding hydrogens is 251 g/mol. The molecule has 1 N–H and O–H groups in total. The number of carbonyl (C=O) groups is 1. The van der Waals surface area contributed by atoms with Crippen molar-refractivity contribution in [1.82, 2.24) is 4.90 Å². The van der Waals surface area contributed by atoms with Crippen molar-refractivity contribution in [2.45, 2.75) is 6.18 Å². The van der Waals surface area contributed by atoms with Crippen LogP contribution in [0.25, 0.3) is 6.08 Å². The van der Waals surface area contributed by atoms with Crippen molar-refractivity contribution in [3.8, 4) is 0 Å². The molecule has 100 valence electrons. The quantitative estimate of drug-likeness (QED) is 0.822. The molecule has 0 saturated carbocycles. The number of furan rings is 1. The molecule has 0 radical (unpaired) electrons. The fourth-order valence-corrected chi connectivity index (χ4v) is 1.25. The topological polar surface area (TPSA) is 53.7 Å². The molecule has 0 spiro atoms. The summed E-state index contributed by atoms with van der Waals surface area (Å²) in [5, 5.41) is 8.63. The van der Waals surface area contributed by atoms with Crippen molar-refractivity contribution in [2.75, 3.05) is 19.7 Å². The summed E-state index contributed by atoms with van der Waals surface area (Å²) in [5.74, 6) is -0.475. The van der Waals surface area contributed by atoms with Gasteiger partial charge in [-0.05, 0) is 18.2 Å². The highest BCUT2D eigenvalue weighted by atomic mass is 19.4. The molecule has 0 saturated heterocycles. The Hall–Kier alpha value is -1.76. The Labute approximate surface area is 101 Å². The summed E-state index contributed by atoms with van der Waals surface area (Å²) in [6.07, 6.45) is -0.877. The molecule has 4 nitrogen and oxygen atoms in total. The number of alkyl halides is 3. The van der Waals surface area contributed by atoms with E-state index in [1.165, 1.54) is 12.3 Å². The number of hydrogen-bond acceptors (Lipinski definition) is 3. The molecule has 0 aliphatic rings. The summed E-state index contributed by atoms with van der Waals surface area (Å²) >= 11 is 0. The minimum Gasteiger partial charge on any atom is -0.465 e. The SMILES string of the molecule is O=C(/C=C/c1ccco1)N(CCO)CC(F)(F)F. The van der Waals surface area contributed by atoms with Crippen molar-refractivity contribution < 1.29 is 27.5 Å². The zero-order valence-electron chi connectivity index (χ0n) is 9.35. The van der Waals surface area contributed by atoms with Crippen LogP contribution in [0.15, 0.2) is 28.9 Å². The van der Waals surface area contributed by atoms with Gasteiger partial charge in [0, 0.05) is 12.6 Å². The third-order valence-electron chi connectivity index (χ3n) is 1.99. The third kappa shape index (κ3) is 5.05. The summed E-state index contributed by atoms with van der Waals surface area (Å²) in [7, 11) is 0. The second-order valence-electron chi connectivity index (χ2n) is 3.45. The smallest absolute Gasteiger partial charge is 0.406 e. The summed E-state index contributed by atoms with van der Waals surface area (Å²) in [5.41, 5.74) is 0. The Morgan fingerprint density at radius 3 is 2.72 bits per heavy atom. The van der Waals surface area contributed by atoms with Crippen LogP contribution in [0.5, 0.6) is 0 Å². The van der Waals surface area contributed by atoms with Gasteiger partial charge in [-0.3, -0.25) is 4.79 Å². The highest BCUT2D eigenvalue weighted by Crippen LogP contribution is 2.16. The van der Waals surface area contributed by atoms with Gasteiger partial charge in [0.05, 0.1) is 12.9 Å². The van der Waals surface area contributed by atoms with Crippen LogP contribution >= 0.6 is 0 Å². The molecule has 18 heavy (non-hydrogen) atoms. The predicted molar refractivity (Wildman–Crippen MR) is 57.5 cm³/mol. The number of amides is 1. The first kappa shape index (κ1) is 14.3. The van der Waals surface area contributed by atoms with Crippen molar-refractivity contribution in [1.29, 1.82) is 0 Å². The fourth-order valence-electron chi connectivity index (χ4n) is 1.25. The average Bonchev–Trinajstić information content (AvgIpc) is 2.76. The van der Waals surface area contributed by atoms with Gasteiger partial charge in [0.15, 0.2) is 0 Å². The lowest BCUT2D eigenvalue weighted by Gasteiger charge is -2.21. The highest BCUT2D eigenvalue weighted by Gasteiger charge is 2.32. The number of aliphatic hydroxyl groups excluding tert-OH is 1. The zero-order chi connectivity index (χ0) is 13.6. The van der Waals surface area contributed by atoms with Gasteiger partial charge in [-0.1, -0.05) is 0 Å². The minimum atomic E-state index is -4.50. The average molecular weight is 263 g/mol. The van der Waals surface area contributed by atoms with E-state index in [1.54, 1.807) is 12.1 Å². The van der Waals surface area contributed by atoms with E-state index in [9.17, 15) is 18.0 Å². The lowest BCUT2D eigenvalue weighted by Crippen LogP contribution is -2.39. The molecule has 1 aromatic heterocycles. The summed E-state index contributed by atoms with van der Waals surface area (Å²) in [4.78, 5) is 12.0. The zero-order valence-corrected chi connectivity index (χ0v) is 9.35. The number of nitrogens with zero attached hydrogens (tertiary/aromatic N) is 1. The maximum atomic E-state index is 12.2. The molecule has 0 aromatic carbocycles. The number of rotatable bonds is 5. The van der Waals surface area contributed by atoms with E-state index in [0.717, 1.165) is 6.08 Å². The van der Waals surface area contributed by atoms with E-state index in [2.05, 4.69) is 0 Å². The summed E-state index contributed by atoms with van der Waals surface area (Å²) in [6.45, 7) is -2.30. The maximum Gasteiger partial charge on any atom is 0.406 e. The number of aliphatic hydroxyl groups is 1. The van der Waals surface area contributed by atoms with E-state index in [1.807, 2.05) is 0 Å². The molecule has 1 aromatic rings. The normalized spacial score (nSPS) is 12.0. The van der Waals surface area contributed by atoms with E-state index in [4.69, 9.17) is 9.52 Å². The standard InChI is InChI=1S/C11H12F3NO3/c12-11(13,14)8-15(5-6-16)10(17)4-3-9-2-1-7-18-9/h1-4,7,16H,5-6,8H2/b4-3+. The second-order valence-corrected chi connectivity index (χ2v) is 3.45. The van der Waals surface area contributed by atoms with Crippen LogP contribution in [0.1, 0.15) is 5.76 Å².